The summed E-state index contributed by atoms with van der Waals surface area (Å²) in [4.78, 5) is 5.83. The first-order valence-corrected chi connectivity index (χ1v) is 10.8. The molecule has 0 bridgehead atoms. The molecule has 5 heteroatoms. The van der Waals surface area contributed by atoms with Crippen LogP contribution in [-0.2, 0) is 0 Å². The first-order chi connectivity index (χ1) is 13.5. The van der Waals surface area contributed by atoms with E-state index in [9.17, 15) is 5.11 Å². The SMILES string of the molecule is CC.Cc1ccc(Sn2c(C)c(-c3ccc(O)cc3)c3cc(Br)cnc32)cc1. The van der Waals surface area contributed by atoms with E-state index in [1.54, 1.807) is 24.1 Å². The van der Waals surface area contributed by atoms with Crippen LogP contribution in [0, 0.1) is 13.8 Å². The Kier molecular flexibility index (Phi) is 6.47. The van der Waals surface area contributed by atoms with Crippen molar-refractivity contribution in [3.8, 4) is 16.9 Å². The third-order valence-corrected chi connectivity index (χ3v) is 5.88. The number of phenols is 1. The molecule has 4 rings (SSSR count). The minimum Gasteiger partial charge on any atom is -0.508 e. The lowest BCUT2D eigenvalue weighted by molar-refractivity contribution is 0.475. The van der Waals surface area contributed by atoms with Crippen LogP contribution in [0.15, 0.2) is 70.2 Å². The minimum atomic E-state index is 0.267. The molecule has 144 valence electrons. The van der Waals surface area contributed by atoms with E-state index in [2.05, 4.69) is 69.1 Å². The fourth-order valence-electron chi connectivity index (χ4n) is 3.04. The van der Waals surface area contributed by atoms with Gasteiger partial charge in [0.15, 0.2) is 5.65 Å². The first kappa shape index (κ1) is 20.5. The van der Waals surface area contributed by atoms with Gasteiger partial charge in [-0.3, -0.25) is 3.97 Å². The van der Waals surface area contributed by atoms with Crippen molar-refractivity contribution in [1.29, 1.82) is 0 Å². The summed E-state index contributed by atoms with van der Waals surface area (Å²) in [6.45, 7) is 8.20. The fraction of sp³-hybridized carbons (Fsp3) is 0.174. The first-order valence-electron chi connectivity index (χ1n) is 9.24. The van der Waals surface area contributed by atoms with Crippen LogP contribution in [0.3, 0.4) is 0 Å². The maximum Gasteiger partial charge on any atom is 0.151 e. The summed E-state index contributed by atoms with van der Waals surface area (Å²) in [5.41, 5.74) is 5.50. The Morgan fingerprint density at radius 3 is 2.25 bits per heavy atom. The largest absolute Gasteiger partial charge is 0.508 e. The highest BCUT2D eigenvalue weighted by atomic mass is 79.9. The quantitative estimate of drug-likeness (QED) is 0.351. The van der Waals surface area contributed by atoms with Gasteiger partial charge < -0.3 is 5.11 Å². The highest BCUT2D eigenvalue weighted by molar-refractivity contribution is 9.10. The zero-order valence-corrected chi connectivity index (χ0v) is 18.8. The second-order valence-electron chi connectivity index (χ2n) is 6.23. The molecule has 0 aliphatic heterocycles. The van der Waals surface area contributed by atoms with Gasteiger partial charge >= 0.3 is 0 Å². The van der Waals surface area contributed by atoms with Crippen molar-refractivity contribution in [2.45, 2.75) is 32.6 Å². The molecule has 0 aliphatic rings. The fourth-order valence-corrected chi connectivity index (χ4v) is 4.30. The summed E-state index contributed by atoms with van der Waals surface area (Å²) < 4.78 is 3.12. The Balaban J connectivity index is 0.00000109. The van der Waals surface area contributed by atoms with Gasteiger partial charge in [-0.05, 0) is 77.6 Å². The Hall–Kier alpha value is -2.24. The van der Waals surface area contributed by atoms with Crippen molar-refractivity contribution in [2.75, 3.05) is 0 Å². The molecule has 4 aromatic rings. The van der Waals surface area contributed by atoms with Crippen molar-refractivity contribution in [1.82, 2.24) is 8.96 Å². The summed E-state index contributed by atoms with van der Waals surface area (Å²) in [7, 11) is 0. The van der Waals surface area contributed by atoms with E-state index in [1.807, 2.05) is 32.2 Å². The lowest BCUT2D eigenvalue weighted by Gasteiger charge is -2.08. The standard InChI is InChI=1S/C21H17BrN2OS.C2H6/c1-13-3-9-18(10-4-13)26-24-14(2)20(15-5-7-17(25)8-6-15)19-11-16(22)12-23-21(19)24;1-2/h3-12,25H,1-2H3;1-2H3. The zero-order chi connectivity index (χ0) is 20.3. The van der Waals surface area contributed by atoms with E-state index in [1.165, 1.54) is 5.56 Å². The number of nitrogens with zero attached hydrogens (tertiary/aromatic N) is 2. The van der Waals surface area contributed by atoms with Gasteiger partial charge in [0.1, 0.15) is 5.75 Å². The van der Waals surface area contributed by atoms with Crippen molar-refractivity contribution in [3.63, 3.8) is 0 Å². The average Bonchev–Trinajstić information content (AvgIpc) is 2.97. The monoisotopic (exact) mass is 454 g/mol. The minimum absolute atomic E-state index is 0.267. The van der Waals surface area contributed by atoms with Gasteiger partial charge in [0.2, 0.25) is 0 Å². The van der Waals surface area contributed by atoms with Crippen LogP contribution in [-0.4, -0.2) is 14.1 Å². The molecule has 2 aromatic heterocycles. The Morgan fingerprint density at radius 1 is 0.964 bits per heavy atom. The molecule has 0 fully saturated rings. The summed E-state index contributed by atoms with van der Waals surface area (Å²) >= 11 is 5.21. The van der Waals surface area contributed by atoms with Gasteiger partial charge in [-0.2, -0.15) is 0 Å². The number of halogens is 1. The molecule has 2 aromatic carbocycles. The summed E-state index contributed by atoms with van der Waals surface area (Å²) in [5.74, 6) is 0.267. The van der Waals surface area contributed by atoms with Crippen LogP contribution in [0.4, 0.5) is 0 Å². The number of hydrogen-bond donors (Lipinski definition) is 1. The number of aromatic nitrogens is 2. The van der Waals surface area contributed by atoms with Gasteiger partial charge in [-0.1, -0.05) is 43.7 Å². The van der Waals surface area contributed by atoms with Gasteiger partial charge in [-0.15, -0.1) is 0 Å². The topological polar surface area (TPSA) is 38.0 Å². The van der Waals surface area contributed by atoms with Crippen molar-refractivity contribution < 1.29 is 5.11 Å². The maximum absolute atomic E-state index is 9.62. The molecule has 0 aliphatic carbocycles. The van der Waals surface area contributed by atoms with Crippen LogP contribution < -0.4 is 0 Å². The van der Waals surface area contributed by atoms with E-state index in [0.717, 1.165) is 37.2 Å². The number of phenolic OH excluding ortho intramolecular Hbond substituents is 1. The van der Waals surface area contributed by atoms with E-state index in [0.29, 0.717) is 0 Å². The summed E-state index contributed by atoms with van der Waals surface area (Å²) in [6.07, 6.45) is 1.83. The molecule has 28 heavy (non-hydrogen) atoms. The van der Waals surface area contributed by atoms with Crippen LogP contribution in [0.25, 0.3) is 22.2 Å². The molecular weight excluding hydrogens is 432 g/mol. The second kappa shape index (κ2) is 8.84. The molecule has 0 radical (unpaired) electrons. The van der Waals surface area contributed by atoms with E-state index >= 15 is 0 Å². The predicted molar refractivity (Wildman–Crippen MR) is 123 cm³/mol. The predicted octanol–water partition coefficient (Wildman–Crippen LogP) is 7.37. The van der Waals surface area contributed by atoms with E-state index in [4.69, 9.17) is 0 Å². The number of hydrogen-bond acceptors (Lipinski definition) is 3. The van der Waals surface area contributed by atoms with Gasteiger partial charge in [0.25, 0.3) is 0 Å². The number of benzene rings is 2. The molecule has 0 spiro atoms. The molecule has 0 saturated heterocycles. The highest BCUT2D eigenvalue weighted by Gasteiger charge is 2.18. The lowest BCUT2D eigenvalue weighted by Crippen LogP contribution is -1.92. The molecule has 0 atom stereocenters. The Morgan fingerprint density at radius 2 is 1.61 bits per heavy atom. The van der Waals surface area contributed by atoms with Crippen LogP contribution >= 0.6 is 27.9 Å². The van der Waals surface area contributed by atoms with Crippen LogP contribution in [0.5, 0.6) is 5.75 Å². The molecular formula is C23H23BrN2OS. The third kappa shape index (κ3) is 4.10. The van der Waals surface area contributed by atoms with E-state index in [-0.39, 0.29) is 5.75 Å². The highest BCUT2D eigenvalue weighted by Crippen LogP contribution is 2.39. The van der Waals surface area contributed by atoms with Crippen molar-refractivity contribution in [3.05, 3.63) is 76.5 Å². The molecule has 3 nitrogen and oxygen atoms in total. The number of aromatic hydroxyl groups is 1. The Bertz CT molecular complexity index is 1090. The summed E-state index contributed by atoms with van der Waals surface area (Å²) in [5, 5.41) is 10.7. The van der Waals surface area contributed by atoms with Gasteiger partial charge in [0, 0.05) is 32.2 Å². The number of rotatable bonds is 3. The smallest absolute Gasteiger partial charge is 0.151 e. The summed E-state index contributed by atoms with van der Waals surface area (Å²) in [6, 6.07) is 17.9. The molecule has 0 saturated carbocycles. The zero-order valence-electron chi connectivity index (χ0n) is 16.4. The molecule has 0 unspecified atom stereocenters. The second-order valence-corrected chi connectivity index (χ2v) is 8.17. The molecule has 0 amide bonds. The third-order valence-electron chi connectivity index (χ3n) is 4.34. The van der Waals surface area contributed by atoms with Crippen LogP contribution in [0.1, 0.15) is 25.1 Å². The normalized spacial score (nSPS) is 10.6. The van der Waals surface area contributed by atoms with Gasteiger partial charge in [0.05, 0.1) is 0 Å². The maximum atomic E-state index is 9.62. The van der Waals surface area contributed by atoms with E-state index < -0.39 is 0 Å². The van der Waals surface area contributed by atoms with Crippen molar-refractivity contribution in [2.24, 2.45) is 0 Å². The number of pyridine rings is 1. The number of fused-ring (bicyclic) bond motifs is 1. The van der Waals surface area contributed by atoms with Gasteiger partial charge in [-0.25, -0.2) is 4.98 Å². The number of aryl methyl sites for hydroxylation is 1. The molecule has 1 N–H and O–H groups in total. The lowest BCUT2D eigenvalue weighted by atomic mass is 10.0. The molecule has 2 heterocycles. The Labute approximate surface area is 178 Å². The van der Waals surface area contributed by atoms with Crippen LogP contribution in [0.2, 0.25) is 0 Å². The average molecular weight is 455 g/mol. The van der Waals surface area contributed by atoms with Crippen molar-refractivity contribution >= 4 is 38.9 Å².